The van der Waals surface area contributed by atoms with E-state index >= 15 is 0 Å². The third-order valence-corrected chi connectivity index (χ3v) is 5.76. The van der Waals surface area contributed by atoms with Crippen LogP contribution < -0.4 is 15.5 Å². The van der Waals surface area contributed by atoms with Gasteiger partial charge in [-0.3, -0.25) is 14.9 Å². The molecule has 140 valence electrons. The molecule has 1 aliphatic carbocycles. The molecule has 10 heteroatoms. The van der Waals surface area contributed by atoms with Gasteiger partial charge in [0.15, 0.2) is 5.65 Å². The van der Waals surface area contributed by atoms with E-state index in [1.165, 1.54) is 0 Å². The molecular weight excluding hydrogens is 366 g/mol. The highest BCUT2D eigenvalue weighted by molar-refractivity contribution is 7.99. The number of imide groups is 1. The van der Waals surface area contributed by atoms with Crippen molar-refractivity contribution in [1.29, 1.82) is 0 Å². The van der Waals surface area contributed by atoms with Gasteiger partial charge in [0.1, 0.15) is 0 Å². The fraction of sp³-hybridized carbons (Fsp3) is 0.471. The number of hydrogen-bond acceptors (Lipinski definition) is 8. The minimum absolute atomic E-state index is 0.0879. The summed E-state index contributed by atoms with van der Waals surface area (Å²) in [7, 11) is 0. The Hall–Kier alpha value is -2.62. The third kappa shape index (κ3) is 3.25. The molecule has 0 bridgehead atoms. The molecule has 2 saturated heterocycles. The average molecular weight is 385 g/mol. The first kappa shape index (κ1) is 16.5. The molecule has 2 amide bonds. The molecule has 0 radical (unpaired) electrons. The zero-order valence-corrected chi connectivity index (χ0v) is 15.5. The van der Waals surface area contributed by atoms with Gasteiger partial charge < -0.3 is 10.2 Å². The summed E-state index contributed by atoms with van der Waals surface area (Å²) >= 11 is 1.93. The lowest BCUT2D eigenvalue weighted by Gasteiger charge is -2.26. The highest BCUT2D eigenvalue weighted by Gasteiger charge is 2.27. The summed E-state index contributed by atoms with van der Waals surface area (Å²) in [6.07, 6.45) is 5.71. The lowest BCUT2D eigenvalue weighted by molar-refractivity contribution is -0.124. The highest BCUT2D eigenvalue weighted by atomic mass is 32.2. The second kappa shape index (κ2) is 6.52. The molecule has 3 fully saturated rings. The zero-order valence-electron chi connectivity index (χ0n) is 14.6. The lowest BCUT2D eigenvalue weighted by atomic mass is 10.1. The summed E-state index contributed by atoms with van der Waals surface area (Å²) in [6, 6.07) is 0.428. The Kier molecular flexibility index (Phi) is 4.00. The molecule has 2 aromatic heterocycles. The van der Waals surface area contributed by atoms with Gasteiger partial charge in [-0.15, -0.1) is 0 Å². The van der Waals surface area contributed by atoms with Crippen LogP contribution in [0.25, 0.3) is 11.7 Å². The molecule has 27 heavy (non-hydrogen) atoms. The van der Waals surface area contributed by atoms with E-state index in [0.29, 0.717) is 34.7 Å². The van der Waals surface area contributed by atoms with Crippen LogP contribution in [0.15, 0.2) is 11.8 Å². The van der Waals surface area contributed by atoms with Crippen molar-refractivity contribution in [3.05, 3.63) is 17.3 Å². The van der Waals surface area contributed by atoms with Crippen molar-refractivity contribution in [2.24, 2.45) is 0 Å². The van der Waals surface area contributed by atoms with E-state index in [4.69, 9.17) is 9.97 Å². The maximum absolute atomic E-state index is 11.9. The first-order valence-corrected chi connectivity index (χ1v) is 10.2. The van der Waals surface area contributed by atoms with Crippen molar-refractivity contribution < 1.29 is 9.59 Å². The van der Waals surface area contributed by atoms with Crippen molar-refractivity contribution >= 4 is 47.2 Å². The smallest absolute Gasteiger partial charge is 0.254 e. The Morgan fingerprint density at radius 3 is 2.74 bits per heavy atom. The van der Waals surface area contributed by atoms with Crippen LogP contribution in [0.1, 0.15) is 24.8 Å². The predicted molar refractivity (Wildman–Crippen MR) is 103 cm³/mol. The molecule has 0 atom stereocenters. The van der Waals surface area contributed by atoms with Gasteiger partial charge >= 0.3 is 0 Å². The van der Waals surface area contributed by atoms with E-state index in [2.05, 4.69) is 20.6 Å². The van der Waals surface area contributed by atoms with Gasteiger partial charge in [-0.2, -0.15) is 31.3 Å². The number of fused-ring (bicyclic) bond motifs is 1. The fourth-order valence-corrected chi connectivity index (χ4v) is 4.11. The number of anilines is 2. The molecule has 2 aromatic rings. The summed E-state index contributed by atoms with van der Waals surface area (Å²) in [5, 5.41) is 10.1. The number of rotatable bonds is 4. The summed E-state index contributed by atoms with van der Waals surface area (Å²) in [4.78, 5) is 35.0. The molecular formula is C17H19N7O2S. The average Bonchev–Trinajstić information content (AvgIpc) is 3.31. The van der Waals surface area contributed by atoms with Crippen molar-refractivity contribution in [2.45, 2.75) is 25.3 Å². The Morgan fingerprint density at radius 2 is 2.04 bits per heavy atom. The molecule has 0 aromatic carbocycles. The monoisotopic (exact) mass is 385 g/mol. The number of carbonyl (C=O) groups excluding carboxylic acids is 2. The minimum atomic E-state index is -0.349. The Balaban J connectivity index is 1.58. The van der Waals surface area contributed by atoms with Gasteiger partial charge in [-0.25, -0.2) is 0 Å². The number of amides is 2. The molecule has 9 nitrogen and oxygen atoms in total. The highest BCUT2D eigenvalue weighted by Crippen LogP contribution is 2.27. The Bertz CT molecular complexity index is 960. The minimum Gasteiger partial charge on any atom is -0.351 e. The van der Waals surface area contributed by atoms with Gasteiger partial charge in [0.2, 0.25) is 17.8 Å². The van der Waals surface area contributed by atoms with E-state index in [1.54, 1.807) is 16.8 Å². The van der Waals surface area contributed by atoms with Crippen LogP contribution in [0, 0.1) is 0 Å². The predicted octanol–water partition coefficient (Wildman–Crippen LogP) is 0.682. The maximum Gasteiger partial charge on any atom is 0.254 e. The van der Waals surface area contributed by atoms with Gasteiger partial charge in [0.05, 0.1) is 12.6 Å². The van der Waals surface area contributed by atoms with E-state index < -0.39 is 0 Å². The molecule has 4 heterocycles. The fourth-order valence-electron chi connectivity index (χ4n) is 3.20. The van der Waals surface area contributed by atoms with E-state index in [-0.39, 0.29) is 18.2 Å². The van der Waals surface area contributed by atoms with Crippen LogP contribution in [0.4, 0.5) is 11.9 Å². The SMILES string of the molecule is O=C1C/C(=C\c2cnn3c(NC4CC4)nc(N4CCSCC4)nc23)C(=O)N1. The van der Waals surface area contributed by atoms with E-state index in [0.717, 1.165) is 37.4 Å². The standard InChI is InChI=1S/C17H19N7O2S/c25-13-8-10(15(26)20-13)7-11-9-18-24-14(11)21-16(23-3-5-27-6-4-23)22-17(24)19-12-1-2-12/h7,9,12H,1-6,8H2,(H,19,21,22)(H,20,25,26)/b10-7+. The van der Waals surface area contributed by atoms with Crippen LogP contribution in [-0.4, -0.2) is 62.0 Å². The molecule has 5 rings (SSSR count). The molecule has 2 N–H and O–H groups in total. The summed E-state index contributed by atoms with van der Waals surface area (Å²) in [5.41, 5.74) is 1.78. The number of nitrogens with zero attached hydrogens (tertiary/aromatic N) is 5. The summed E-state index contributed by atoms with van der Waals surface area (Å²) in [6.45, 7) is 1.82. The number of nitrogens with one attached hydrogen (secondary N) is 2. The quantitative estimate of drug-likeness (QED) is 0.585. The van der Waals surface area contributed by atoms with Crippen LogP contribution in [0.3, 0.4) is 0 Å². The molecule has 1 saturated carbocycles. The van der Waals surface area contributed by atoms with Crippen molar-refractivity contribution in [1.82, 2.24) is 24.9 Å². The normalized spacial score (nSPS) is 21.9. The van der Waals surface area contributed by atoms with Gasteiger partial charge in [0, 0.05) is 41.8 Å². The summed E-state index contributed by atoms with van der Waals surface area (Å²) < 4.78 is 1.68. The second-order valence-corrected chi connectivity index (χ2v) is 8.15. The van der Waals surface area contributed by atoms with Gasteiger partial charge in [0.25, 0.3) is 5.91 Å². The number of hydrogen-bond donors (Lipinski definition) is 2. The topological polar surface area (TPSA) is 105 Å². The van der Waals surface area contributed by atoms with Crippen LogP contribution in [0.5, 0.6) is 0 Å². The first-order chi connectivity index (χ1) is 13.2. The number of thioether (sulfide) groups is 1. The van der Waals surface area contributed by atoms with E-state index in [1.807, 2.05) is 11.8 Å². The first-order valence-electron chi connectivity index (χ1n) is 9.07. The van der Waals surface area contributed by atoms with Crippen molar-refractivity contribution in [3.8, 4) is 0 Å². The Labute approximate surface area is 159 Å². The summed E-state index contributed by atoms with van der Waals surface area (Å²) in [5.74, 6) is 2.83. The van der Waals surface area contributed by atoms with Gasteiger partial charge in [-0.1, -0.05) is 0 Å². The van der Waals surface area contributed by atoms with Crippen molar-refractivity contribution in [3.63, 3.8) is 0 Å². The zero-order chi connectivity index (χ0) is 18.4. The maximum atomic E-state index is 11.9. The van der Waals surface area contributed by atoms with Crippen LogP contribution in [-0.2, 0) is 9.59 Å². The van der Waals surface area contributed by atoms with Gasteiger partial charge in [-0.05, 0) is 18.9 Å². The largest absolute Gasteiger partial charge is 0.351 e. The molecule has 0 spiro atoms. The molecule has 0 unspecified atom stereocenters. The number of carbonyl (C=O) groups is 2. The lowest BCUT2D eigenvalue weighted by Crippen LogP contribution is -2.34. The second-order valence-electron chi connectivity index (χ2n) is 6.92. The third-order valence-electron chi connectivity index (χ3n) is 4.81. The van der Waals surface area contributed by atoms with Crippen molar-refractivity contribution in [2.75, 3.05) is 34.8 Å². The number of aromatic nitrogens is 4. The van der Waals surface area contributed by atoms with Crippen LogP contribution >= 0.6 is 11.8 Å². The Morgan fingerprint density at radius 1 is 1.22 bits per heavy atom. The molecule has 2 aliphatic heterocycles. The molecule has 3 aliphatic rings. The van der Waals surface area contributed by atoms with Crippen LogP contribution in [0.2, 0.25) is 0 Å². The van der Waals surface area contributed by atoms with E-state index in [9.17, 15) is 9.59 Å².